The van der Waals surface area contributed by atoms with Gasteiger partial charge in [-0.3, -0.25) is 9.59 Å². The number of carbonyl (C=O) groups is 2. The molecule has 1 aliphatic carbocycles. The molecule has 1 aliphatic heterocycles. The molecule has 0 aromatic heterocycles. The molecule has 20 heavy (non-hydrogen) atoms. The van der Waals surface area contributed by atoms with Gasteiger partial charge in [0, 0.05) is 6.54 Å². The minimum absolute atomic E-state index is 0.00956. The predicted octanol–water partition coefficient (Wildman–Crippen LogP) is 2.18. The van der Waals surface area contributed by atoms with Gasteiger partial charge in [0.15, 0.2) is 0 Å². The highest BCUT2D eigenvalue weighted by molar-refractivity contribution is 5.97. The van der Waals surface area contributed by atoms with Gasteiger partial charge in [-0.25, -0.2) is 0 Å². The van der Waals surface area contributed by atoms with E-state index in [1.165, 1.54) is 12.8 Å². The fourth-order valence-electron chi connectivity index (χ4n) is 2.96. The van der Waals surface area contributed by atoms with Crippen molar-refractivity contribution in [2.75, 3.05) is 6.54 Å². The fraction of sp³-hybridized carbons (Fsp3) is 0.875. The van der Waals surface area contributed by atoms with Crippen molar-refractivity contribution in [3.8, 4) is 0 Å². The maximum atomic E-state index is 12.8. The summed E-state index contributed by atoms with van der Waals surface area (Å²) in [6.07, 6.45) is 3.60. The first-order chi connectivity index (χ1) is 9.21. The summed E-state index contributed by atoms with van der Waals surface area (Å²) in [6, 6.07) is -0.705. The zero-order valence-electron chi connectivity index (χ0n) is 13.4. The lowest BCUT2D eigenvalue weighted by molar-refractivity contribution is -0.154. The molecule has 1 heterocycles. The number of carbonyl (C=O) groups excluding carboxylic acids is 2. The molecule has 1 N–H and O–H groups in total. The summed E-state index contributed by atoms with van der Waals surface area (Å²) in [4.78, 5) is 27.0. The van der Waals surface area contributed by atoms with Gasteiger partial charge < -0.3 is 10.2 Å². The quantitative estimate of drug-likeness (QED) is 0.858. The molecule has 0 spiro atoms. The molecule has 0 aromatic carbocycles. The van der Waals surface area contributed by atoms with Gasteiger partial charge in [-0.15, -0.1) is 0 Å². The summed E-state index contributed by atoms with van der Waals surface area (Å²) < 4.78 is 0. The Hall–Kier alpha value is -1.06. The van der Waals surface area contributed by atoms with Gasteiger partial charge in [-0.2, -0.15) is 0 Å². The number of nitrogens with one attached hydrogen (secondary N) is 1. The number of amides is 2. The summed E-state index contributed by atoms with van der Waals surface area (Å²) in [5.41, 5.74) is -0.244. The average Bonchev–Trinajstić information content (AvgIpc) is 3.11. The van der Waals surface area contributed by atoms with E-state index in [9.17, 15) is 9.59 Å². The van der Waals surface area contributed by atoms with Crippen LogP contribution in [0.25, 0.3) is 0 Å². The molecular weight excluding hydrogens is 252 g/mol. The van der Waals surface area contributed by atoms with Crippen LogP contribution in [-0.4, -0.2) is 35.3 Å². The Bertz CT molecular complexity index is 394. The third kappa shape index (κ3) is 3.15. The average molecular weight is 280 g/mol. The predicted molar refractivity (Wildman–Crippen MR) is 79.1 cm³/mol. The van der Waals surface area contributed by atoms with Crippen LogP contribution < -0.4 is 5.32 Å². The zero-order chi connectivity index (χ0) is 15.1. The van der Waals surface area contributed by atoms with Crippen molar-refractivity contribution in [3.05, 3.63) is 0 Å². The van der Waals surface area contributed by atoms with E-state index in [0.29, 0.717) is 0 Å². The van der Waals surface area contributed by atoms with Crippen molar-refractivity contribution in [2.24, 2.45) is 17.3 Å². The second kappa shape index (κ2) is 5.38. The van der Waals surface area contributed by atoms with Crippen molar-refractivity contribution >= 4 is 11.8 Å². The topological polar surface area (TPSA) is 49.4 Å². The van der Waals surface area contributed by atoms with Crippen LogP contribution in [0.3, 0.4) is 0 Å². The van der Waals surface area contributed by atoms with Crippen molar-refractivity contribution < 1.29 is 9.59 Å². The second-order valence-corrected chi connectivity index (χ2v) is 7.76. The molecule has 4 nitrogen and oxygen atoms in total. The van der Waals surface area contributed by atoms with Gasteiger partial charge in [-0.05, 0) is 23.7 Å². The fourth-order valence-corrected chi connectivity index (χ4v) is 2.96. The smallest absolute Gasteiger partial charge is 0.246 e. The van der Waals surface area contributed by atoms with Gasteiger partial charge in [0.25, 0.3) is 0 Å². The number of hydrogen-bond donors (Lipinski definition) is 1. The maximum Gasteiger partial charge on any atom is 0.246 e. The molecule has 2 unspecified atom stereocenters. The van der Waals surface area contributed by atoms with E-state index in [1.807, 2.05) is 39.5 Å². The van der Waals surface area contributed by atoms with E-state index in [2.05, 4.69) is 5.32 Å². The first-order valence-electron chi connectivity index (χ1n) is 7.82. The van der Waals surface area contributed by atoms with Crippen LogP contribution in [0.1, 0.15) is 53.9 Å². The molecule has 2 rings (SSSR count). The number of piperazine rings is 1. The number of rotatable bonds is 4. The SMILES string of the molecule is CC(C)C1C(=O)NC(C(C)(C)C)C(=O)N1CCC1CC1. The molecule has 4 heteroatoms. The second-order valence-electron chi connectivity index (χ2n) is 7.76. The van der Waals surface area contributed by atoms with E-state index in [1.54, 1.807) is 0 Å². The molecule has 0 bridgehead atoms. The number of nitrogens with zero attached hydrogens (tertiary/aromatic N) is 1. The van der Waals surface area contributed by atoms with Gasteiger partial charge in [0.1, 0.15) is 12.1 Å². The Labute approximate surface area is 122 Å². The van der Waals surface area contributed by atoms with Crippen molar-refractivity contribution in [2.45, 2.75) is 66.0 Å². The molecule has 2 fully saturated rings. The monoisotopic (exact) mass is 280 g/mol. The molecule has 0 radical (unpaired) electrons. The molecule has 114 valence electrons. The van der Waals surface area contributed by atoms with Gasteiger partial charge in [0.2, 0.25) is 11.8 Å². The van der Waals surface area contributed by atoms with Crippen LogP contribution in [0, 0.1) is 17.3 Å². The van der Waals surface area contributed by atoms with Crippen LogP contribution >= 0.6 is 0 Å². The Morgan fingerprint density at radius 2 is 1.85 bits per heavy atom. The summed E-state index contributed by atoms with van der Waals surface area (Å²) in [6.45, 7) is 10.8. The lowest BCUT2D eigenvalue weighted by atomic mass is 9.82. The summed E-state index contributed by atoms with van der Waals surface area (Å²) >= 11 is 0. The van der Waals surface area contributed by atoms with E-state index in [-0.39, 0.29) is 29.2 Å². The maximum absolute atomic E-state index is 12.8. The highest BCUT2D eigenvalue weighted by atomic mass is 16.2. The van der Waals surface area contributed by atoms with Crippen LogP contribution in [0.5, 0.6) is 0 Å². The summed E-state index contributed by atoms with van der Waals surface area (Å²) in [7, 11) is 0. The zero-order valence-corrected chi connectivity index (χ0v) is 13.4. The summed E-state index contributed by atoms with van der Waals surface area (Å²) in [5.74, 6) is 1.03. The van der Waals surface area contributed by atoms with Crippen LogP contribution in [-0.2, 0) is 9.59 Å². The lowest BCUT2D eigenvalue weighted by Crippen LogP contribution is -2.67. The number of hydrogen-bond acceptors (Lipinski definition) is 2. The molecule has 2 atom stereocenters. The molecular formula is C16H28N2O2. The van der Waals surface area contributed by atoms with Crippen molar-refractivity contribution in [1.82, 2.24) is 10.2 Å². The molecule has 2 aliphatic rings. The highest BCUT2D eigenvalue weighted by Gasteiger charge is 2.46. The van der Waals surface area contributed by atoms with E-state index in [4.69, 9.17) is 0 Å². The third-order valence-electron chi connectivity index (χ3n) is 4.39. The Kier molecular flexibility index (Phi) is 4.12. The highest BCUT2D eigenvalue weighted by Crippen LogP contribution is 2.34. The standard InChI is InChI=1S/C16H28N2O2/c1-10(2)12-14(19)17-13(16(3,4)5)15(20)18(12)9-8-11-6-7-11/h10-13H,6-9H2,1-5H3,(H,17,19). The van der Waals surface area contributed by atoms with Gasteiger partial charge in [0.05, 0.1) is 0 Å². The van der Waals surface area contributed by atoms with Crippen LogP contribution in [0.4, 0.5) is 0 Å². The lowest BCUT2D eigenvalue weighted by Gasteiger charge is -2.44. The molecule has 2 amide bonds. The minimum atomic E-state index is -0.399. The normalized spacial score (nSPS) is 28.0. The Morgan fingerprint density at radius 3 is 2.30 bits per heavy atom. The van der Waals surface area contributed by atoms with Gasteiger partial charge >= 0.3 is 0 Å². The third-order valence-corrected chi connectivity index (χ3v) is 4.39. The van der Waals surface area contributed by atoms with E-state index in [0.717, 1.165) is 18.9 Å². The summed E-state index contributed by atoms with van der Waals surface area (Å²) in [5, 5.41) is 2.94. The van der Waals surface area contributed by atoms with Crippen LogP contribution in [0.15, 0.2) is 0 Å². The molecule has 1 saturated carbocycles. The molecule has 1 saturated heterocycles. The van der Waals surface area contributed by atoms with Crippen molar-refractivity contribution in [1.29, 1.82) is 0 Å². The Morgan fingerprint density at radius 1 is 1.25 bits per heavy atom. The van der Waals surface area contributed by atoms with E-state index < -0.39 is 6.04 Å². The van der Waals surface area contributed by atoms with Crippen LogP contribution in [0.2, 0.25) is 0 Å². The largest absolute Gasteiger partial charge is 0.342 e. The first kappa shape index (κ1) is 15.3. The van der Waals surface area contributed by atoms with Gasteiger partial charge in [-0.1, -0.05) is 47.5 Å². The Balaban J connectivity index is 2.18. The van der Waals surface area contributed by atoms with E-state index >= 15 is 0 Å². The first-order valence-corrected chi connectivity index (χ1v) is 7.82. The minimum Gasteiger partial charge on any atom is -0.342 e. The van der Waals surface area contributed by atoms with Crippen molar-refractivity contribution in [3.63, 3.8) is 0 Å². The molecule has 0 aromatic rings.